The van der Waals surface area contributed by atoms with E-state index in [1.54, 1.807) is 7.11 Å². The number of hydrogen-bond donors (Lipinski definition) is 1. The minimum absolute atomic E-state index is 0.275. The summed E-state index contributed by atoms with van der Waals surface area (Å²) in [5.41, 5.74) is 0.275. The fraction of sp³-hybridized carbons (Fsp3) is 1.00. The summed E-state index contributed by atoms with van der Waals surface area (Å²) < 4.78 is 5.23. The molecule has 0 aromatic carbocycles. The number of likely N-dealkylation sites (N-methyl/N-ethyl adjacent to an activating group) is 1. The normalized spacial score (nSPS) is 24.4. The Hall–Kier alpha value is -0.120. The van der Waals surface area contributed by atoms with Gasteiger partial charge < -0.3 is 15.0 Å². The molecule has 0 bridgehead atoms. The SMILES string of the molecule is CNC1CCN(CC(C)(C)COC)C1. The van der Waals surface area contributed by atoms with Crippen LogP contribution in [0.1, 0.15) is 20.3 Å². The van der Waals surface area contributed by atoms with Gasteiger partial charge in [-0.25, -0.2) is 0 Å². The summed E-state index contributed by atoms with van der Waals surface area (Å²) in [7, 11) is 3.83. The van der Waals surface area contributed by atoms with Crippen molar-refractivity contribution in [2.75, 3.05) is 40.4 Å². The number of ether oxygens (including phenoxy) is 1. The summed E-state index contributed by atoms with van der Waals surface area (Å²) in [6, 6.07) is 0.688. The minimum Gasteiger partial charge on any atom is -0.384 e. The van der Waals surface area contributed by atoms with Crippen molar-refractivity contribution in [1.82, 2.24) is 10.2 Å². The average Bonchev–Trinajstić information content (AvgIpc) is 2.51. The first-order valence-electron chi connectivity index (χ1n) is 5.46. The quantitative estimate of drug-likeness (QED) is 0.715. The Morgan fingerprint density at radius 2 is 2.21 bits per heavy atom. The van der Waals surface area contributed by atoms with Gasteiger partial charge in [-0.3, -0.25) is 0 Å². The first-order chi connectivity index (χ1) is 6.57. The highest BCUT2D eigenvalue weighted by Gasteiger charge is 2.27. The topological polar surface area (TPSA) is 24.5 Å². The summed E-state index contributed by atoms with van der Waals surface area (Å²) in [6.45, 7) is 8.92. The lowest BCUT2D eigenvalue weighted by atomic mass is 9.94. The van der Waals surface area contributed by atoms with E-state index in [0.717, 1.165) is 13.2 Å². The number of nitrogens with zero attached hydrogens (tertiary/aromatic N) is 1. The van der Waals surface area contributed by atoms with Crippen LogP contribution in [0.25, 0.3) is 0 Å². The van der Waals surface area contributed by atoms with Gasteiger partial charge in [0.25, 0.3) is 0 Å². The van der Waals surface area contributed by atoms with Gasteiger partial charge >= 0.3 is 0 Å². The molecule has 0 saturated carbocycles. The number of hydrogen-bond acceptors (Lipinski definition) is 3. The van der Waals surface area contributed by atoms with Gasteiger partial charge in [0.05, 0.1) is 6.61 Å². The van der Waals surface area contributed by atoms with E-state index in [1.807, 2.05) is 0 Å². The Balaban J connectivity index is 2.31. The molecule has 1 aliphatic heterocycles. The highest BCUT2D eigenvalue weighted by atomic mass is 16.5. The van der Waals surface area contributed by atoms with Crippen molar-refractivity contribution in [2.45, 2.75) is 26.3 Å². The molecule has 3 heteroatoms. The third-order valence-corrected chi connectivity index (χ3v) is 2.87. The van der Waals surface area contributed by atoms with E-state index in [4.69, 9.17) is 4.74 Å². The molecule has 1 N–H and O–H groups in total. The van der Waals surface area contributed by atoms with E-state index < -0.39 is 0 Å². The number of methoxy groups -OCH3 is 1. The molecular formula is C11H24N2O. The second-order valence-corrected chi connectivity index (χ2v) is 5.11. The molecule has 1 unspecified atom stereocenters. The molecule has 1 saturated heterocycles. The molecule has 84 valence electrons. The van der Waals surface area contributed by atoms with Gasteiger partial charge in [-0.05, 0) is 20.0 Å². The highest BCUT2D eigenvalue weighted by molar-refractivity contribution is 4.83. The van der Waals surface area contributed by atoms with E-state index in [2.05, 4.69) is 31.1 Å². The third kappa shape index (κ3) is 3.56. The van der Waals surface area contributed by atoms with Crippen LogP contribution in [0, 0.1) is 5.41 Å². The van der Waals surface area contributed by atoms with Crippen molar-refractivity contribution in [3.63, 3.8) is 0 Å². The number of rotatable bonds is 5. The van der Waals surface area contributed by atoms with Crippen LogP contribution in [-0.2, 0) is 4.74 Å². The zero-order valence-corrected chi connectivity index (χ0v) is 9.97. The van der Waals surface area contributed by atoms with Crippen molar-refractivity contribution in [1.29, 1.82) is 0 Å². The van der Waals surface area contributed by atoms with Crippen molar-refractivity contribution >= 4 is 0 Å². The molecule has 1 fully saturated rings. The van der Waals surface area contributed by atoms with Crippen LogP contribution in [0.5, 0.6) is 0 Å². The fourth-order valence-corrected chi connectivity index (χ4v) is 2.25. The zero-order valence-electron chi connectivity index (χ0n) is 9.97. The summed E-state index contributed by atoms with van der Waals surface area (Å²) in [4.78, 5) is 2.53. The second-order valence-electron chi connectivity index (χ2n) is 5.11. The molecule has 3 nitrogen and oxygen atoms in total. The van der Waals surface area contributed by atoms with E-state index in [-0.39, 0.29) is 5.41 Å². The maximum atomic E-state index is 5.23. The average molecular weight is 200 g/mol. The lowest BCUT2D eigenvalue weighted by molar-refractivity contribution is 0.0763. The van der Waals surface area contributed by atoms with E-state index in [9.17, 15) is 0 Å². The molecule has 0 amide bonds. The Labute approximate surface area is 87.8 Å². The third-order valence-electron chi connectivity index (χ3n) is 2.87. The van der Waals surface area contributed by atoms with Crippen LogP contribution < -0.4 is 5.32 Å². The molecule has 1 aliphatic rings. The highest BCUT2D eigenvalue weighted by Crippen LogP contribution is 2.20. The minimum atomic E-state index is 0.275. The van der Waals surface area contributed by atoms with Crippen molar-refractivity contribution in [3.8, 4) is 0 Å². The van der Waals surface area contributed by atoms with Crippen molar-refractivity contribution < 1.29 is 4.74 Å². The molecule has 0 spiro atoms. The molecule has 0 aliphatic carbocycles. The Morgan fingerprint density at radius 3 is 2.71 bits per heavy atom. The van der Waals surface area contributed by atoms with Crippen LogP contribution in [-0.4, -0.2) is 51.3 Å². The molecule has 1 atom stereocenters. The summed E-state index contributed by atoms with van der Waals surface area (Å²) in [6.07, 6.45) is 1.28. The summed E-state index contributed by atoms with van der Waals surface area (Å²) in [5, 5.41) is 3.34. The number of likely N-dealkylation sites (tertiary alicyclic amines) is 1. The maximum Gasteiger partial charge on any atom is 0.0525 e. The predicted octanol–water partition coefficient (Wildman–Crippen LogP) is 0.953. The van der Waals surface area contributed by atoms with E-state index >= 15 is 0 Å². The lowest BCUT2D eigenvalue weighted by Gasteiger charge is -2.29. The molecule has 1 rings (SSSR count). The first-order valence-corrected chi connectivity index (χ1v) is 5.46. The van der Waals surface area contributed by atoms with Crippen LogP contribution in [0.2, 0.25) is 0 Å². The zero-order chi connectivity index (χ0) is 10.6. The second kappa shape index (κ2) is 5.10. The summed E-state index contributed by atoms with van der Waals surface area (Å²) >= 11 is 0. The van der Waals surface area contributed by atoms with Crippen molar-refractivity contribution in [3.05, 3.63) is 0 Å². The van der Waals surface area contributed by atoms with Crippen LogP contribution >= 0.6 is 0 Å². The van der Waals surface area contributed by atoms with Crippen LogP contribution in [0.15, 0.2) is 0 Å². The number of nitrogens with one attached hydrogen (secondary N) is 1. The molecular weight excluding hydrogens is 176 g/mol. The Kier molecular flexibility index (Phi) is 4.35. The van der Waals surface area contributed by atoms with Gasteiger partial charge in [0.15, 0.2) is 0 Å². The Bertz CT molecular complexity index is 171. The van der Waals surface area contributed by atoms with Crippen molar-refractivity contribution in [2.24, 2.45) is 5.41 Å². The molecule has 0 aromatic heterocycles. The lowest BCUT2D eigenvalue weighted by Crippen LogP contribution is -2.37. The van der Waals surface area contributed by atoms with E-state index in [0.29, 0.717) is 6.04 Å². The van der Waals surface area contributed by atoms with Gasteiger partial charge in [-0.15, -0.1) is 0 Å². The summed E-state index contributed by atoms with van der Waals surface area (Å²) in [5.74, 6) is 0. The van der Waals surface area contributed by atoms with Gasteiger partial charge in [0.2, 0.25) is 0 Å². The maximum absolute atomic E-state index is 5.23. The first kappa shape index (κ1) is 12.0. The van der Waals surface area contributed by atoms with Gasteiger partial charge in [-0.1, -0.05) is 13.8 Å². The smallest absolute Gasteiger partial charge is 0.0525 e. The van der Waals surface area contributed by atoms with Crippen LogP contribution in [0.3, 0.4) is 0 Å². The largest absolute Gasteiger partial charge is 0.384 e. The van der Waals surface area contributed by atoms with Gasteiger partial charge in [0.1, 0.15) is 0 Å². The van der Waals surface area contributed by atoms with Gasteiger partial charge in [-0.2, -0.15) is 0 Å². The standard InChI is InChI=1S/C11H24N2O/c1-11(2,9-14-4)8-13-6-5-10(7-13)12-3/h10,12H,5-9H2,1-4H3. The van der Waals surface area contributed by atoms with Gasteiger partial charge in [0, 0.05) is 31.7 Å². The molecule has 0 aromatic rings. The monoisotopic (exact) mass is 200 g/mol. The van der Waals surface area contributed by atoms with E-state index in [1.165, 1.54) is 19.5 Å². The van der Waals surface area contributed by atoms with Crippen LogP contribution in [0.4, 0.5) is 0 Å². The Morgan fingerprint density at radius 1 is 1.50 bits per heavy atom. The molecule has 14 heavy (non-hydrogen) atoms. The molecule has 0 radical (unpaired) electrons. The predicted molar refractivity (Wildman–Crippen MR) is 59.6 cm³/mol. The fourth-order valence-electron chi connectivity index (χ4n) is 2.25. The molecule has 1 heterocycles.